The van der Waals surface area contributed by atoms with Crippen LogP contribution in [-0.4, -0.2) is 34.5 Å². The maximum absolute atomic E-state index is 12.7. The van der Waals surface area contributed by atoms with E-state index in [0.717, 1.165) is 22.9 Å². The molecule has 2 heterocycles. The predicted molar refractivity (Wildman–Crippen MR) is 122 cm³/mol. The van der Waals surface area contributed by atoms with Crippen LogP contribution in [0.5, 0.6) is 5.75 Å². The standard InChI is InChI=1S/C24H23N5O2/c1-3-12-26-24(30)18-8-4-5-9-20(18)28-23-19-14-17(31-2)10-11-21(19)27-22(29-23)16-7-6-13-25-15-16/h4-11,13-15H,3,12H2,1-2H3,(H,26,30)(H,27,28,29). The highest BCUT2D eigenvalue weighted by molar-refractivity contribution is 6.02. The summed E-state index contributed by atoms with van der Waals surface area (Å²) in [4.78, 5) is 26.3. The Labute approximate surface area is 180 Å². The molecule has 156 valence electrons. The summed E-state index contributed by atoms with van der Waals surface area (Å²) in [5.74, 6) is 1.69. The Hall–Kier alpha value is -4.00. The van der Waals surface area contributed by atoms with E-state index in [0.29, 0.717) is 35.2 Å². The van der Waals surface area contributed by atoms with E-state index in [1.807, 2.05) is 55.5 Å². The smallest absolute Gasteiger partial charge is 0.253 e. The number of rotatable bonds is 7. The van der Waals surface area contributed by atoms with Crippen molar-refractivity contribution in [3.05, 3.63) is 72.6 Å². The number of para-hydroxylation sites is 1. The lowest BCUT2D eigenvalue weighted by Gasteiger charge is -2.14. The summed E-state index contributed by atoms with van der Waals surface area (Å²) in [6, 6.07) is 16.8. The number of ether oxygens (including phenoxy) is 1. The molecular formula is C24H23N5O2. The average Bonchev–Trinajstić information content (AvgIpc) is 2.83. The minimum atomic E-state index is -0.131. The maximum Gasteiger partial charge on any atom is 0.253 e. The molecule has 4 rings (SSSR count). The summed E-state index contributed by atoms with van der Waals surface area (Å²) in [6.07, 6.45) is 4.30. The maximum atomic E-state index is 12.7. The van der Waals surface area contributed by atoms with Crippen molar-refractivity contribution in [1.29, 1.82) is 0 Å². The van der Waals surface area contributed by atoms with Crippen LogP contribution in [0.25, 0.3) is 22.3 Å². The van der Waals surface area contributed by atoms with Crippen molar-refractivity contribution in [3.8, 4) is 17.1 Å². The van der Waals surface area contributed by atoms with Gasteiger partial charge in [0.05, 0.1) is 23.9 Å². The summed E-state index contributed by atoms with van der Waals surface area (Å²) < 4.78 is 5.39. The molecule has 0 bridgehead atoms. The lowest BCUT2D eigenvalue weighted by atomic mass is 10.1. The third kappa shape index (κ3) is 4.45. The van der Waals surface area contributed by atoms with Gasteiger partial charge in [-0.1, -0.05) is 19.1 Å². The van der Waals surface area contributed by atoms with Crippen LogP contribution in [0.15, 0.2) is 67.0 Å². The van der Waals surface area contributed by atoms with Gasteiger partial charge < -0.3 is 15.4 Å². The minimum absolute atomic E-state index is 0.131. The van der Waals surface area contributed by atoms with Crippen molar-refractivity contribution in [1.82, 2.24) is 20.3 Å². The van der Waals surface area contributed by atoms with Crippen LogP contribution in [0.4, 0.5) is 11.5 Å². The van der Waals surface area contributed by atoms with E-state index in [1.54, 1.807) is 25.6 Å². The Morgan fingerprint density at radius 2 is 1.94 bits per heavy atom. The molecule has 0 radical (unpaired) electrons. The molecule has 0 saturated heterocycles. The molecule has 31 heavy (non-hydrogen) atoms. The van der Waals surface area contributed by atoms with Crippen molar-refractivity contribution >= 4 is 28.3 Å². The third-order valence-corrected chi connectivity index (χ3v) is 4.78. The van der Waals surface area contributed by atoms with Crippen molar-refractivity contribution < 1.29 is 9.53 Å². The second-order valence-electron chi connectivity index (χ2n) is 6.95. The molecule has 2 N–H and O–H groups in total. The van der Waals surface area contributed by atoms with Gasteiger partial charge in [0.2, 0.25) is 0 Å². The van der Waals surface area contributed by atoms with Gasteiger partial charge >= 0.3 is 0 Å². The number of amides is 1. The second kappa shape index (κ2) is 9.21. The molecule has 2 aromatic heterocycles. The summed E-state index contributed by atoms with van der Waals surface area (Å²) in [6.45, 7) is 2.64. The van der Waals surface area contributed by atoms with Crippen LogP contribution in [0.2, 0.25) is 0 Å². The number of benzene rings is 2. The monoisotopic (exact) mass is 413 g/mol. The average molecular weight is 413 g/mol. The van der Waals surface area contributed by atoms with Gasteiger partial charge in [-0.15, -0.1) is 0 Å². The molecule has 0 spiro atoms. The molecule has 0 aliphatic rings. The highest BCUT2D eigenvalue weighted by Crippen LogP contribution is 2.30. The Bertz CT molecular complexity index is 1210. The van der Waals surface area contributed by atoms with Crippen molar-refractivity contribution in [2.24, 2.45) is 0 Å². The molecule has 7 nitrogen and oxygen atoms in total. The second-order valence-corrected chi connectivity index (χ2v) is 6.95. The fourth-order valence-electron chi connectivity index (χ4n) is 3.21. The summed E-state index contributed by atoms with van der Waals surface area (Å²) in [7, 11) is 1.62. The molecule has 2 aromatic carbocycles. The number of aromatic nitrogens is 3. The normalized spacial score (nSPS) is 10.6. The number of carbonyl (C=O) groups is 1. The number of nitrogens with zero attached hydrogens (tertiary/aromatic N) is 3. The van der Waals surface area contributed by atoms with E-state index in [1.165, 1.54) is 0 Å². The van der Waals surface area contributed by atoms with Crippen molar-refractivity contribution in [2.45, 2.75) is 13.3 Å². The minimum Gasteiger partial charge on any atom is -0.497 e. The number of carbonyl (C=O) groups excluding carboxylic acids is 1. The molecule has 0 unspecified atom stereocenters. The first-order chi connectivity index (χ1) is 15.2. The van der Waals surface area contributed by atoms with E-state index in [-0.39, 0.29) is 5.91 Å². The van der Waals surface area contributed by atoms with Crippen LogP contribution in [-0.2, 0) is 0 Å². The van der Waals surface area contributed by atoms with E-state index >= 15 is 0 Å². The Balaban J connectivity index is 1.82. The van der Waals surface area contributed by atoms with Crippen LogP contribution < -0.4 is 15.4 Å². The van der Waals surface area contributed by atoms with Gasteiger partial charge in [-0.2, -0.15) is 0 Å². The van der Waals surface area contributed by atoms with Gasteiger partial charge in [-0.05, 0) is 48.9 Å². The van der Waals surface area contributed by atoms with Gasteiger partial charge in [0.25, 0.3) is 5.91 Å². The quantitative estimate of drug-likeness (QED) is 0.461. The van der Waals surface area contributed by atoms with Gasteiger partial charge in [-0.25, -0.2) is 9.97 Å². The molecule has 1 amide bonds. The summed E-state index contributed by atoms with van der Waals surface area (Å²) in [5, 5.41) is 7.06. The molecule has 0 saturated carbocycles. The number of anilines is 2. The van der Waals surface area contributed by atoms with Crippen LogP contribution in [0.1, 0.15) is 23.7 Å². The SMILES string of the molecule is CCCNC(=O)c1ccccc1Nc1nc(-c2cccnc2)nc2ccc(OC)cc12. The Morgan fingerprint density at radius 3 is 2.71 bits per heavy atom. The fourth-order valence-corrected chi connectivity index (χ4v) is 3.21. The molecular weight excluding hydrogens is 390 g/mol. The number of hydrogen-bond acceptors (Lipinski definition) is 6. The first-order valence-corrected chi connectivity index (χ1v) is 10.1. The molecule has 0 atom stereocenters. The first kappa shape index (κ1) is 20.3. The zero-order valence-corrected chi connectivity index (χ0v) is 17.4. The number of fused-ring (bicyclic) bond motifs is 1. The van der Waals surface area contributed by atoms with Crippen LogP contribution >= 0.6 is 0 Å². The van der Waals surface area contributed by atoms with Crippen molar-refractivity contribution in [3.63, 3.8) is 0 Å². The number of methoxy groups -OCH3 is 1. The van der Waals surface area contributed by atoms with Crippen LogP contribution in [0, 0.1) is 0 Å². The molecule has 0 fully saturated rings. The molecule has 4 aromatic rings. The van der Waals surface area contributed by atoms with Crippen LogP contribution in [0.3, 0.4) is 0 Å². The number of nitrogens with one attached hydrogen (secondary N) is 2. The molecule has 0 aliphatic heterocycles. The van der Waals surface area contributed by atoms with Gasteiger partial charge in [-0.3, -0.25) is 9.78 Å². The lowest BCUT2D eigenvalue weighted by Crippen LogP contribution is -2.24. The third-order valence-electron chi connectivity index (χ3n) is 4.78. The van der Waals surface area contributed by atoms with E-state index in [9.17, 15) is 4.79 Å². The highest BCUT2D eigenvalue weighted by atomic mass is 16.5. The van der Waals surface area contributed by atoms with Gasteiger partial charge in [0.1, 0.15) is 11.6 Å². The predicted octanol–water partition coefficient (Wildman–Crippen LogP) is 4.58. The molecule has 0 aliphatic carbocycles. The van der Waals surface area contributed by atoms with Crippen molar-refractivity contribution in [2.75, 3.05) is 19.0 Å². The highest BCUT2D eigenvalue weighted by Gasteiger charge is 2.15. The van der Waals surface area contributed by atoms with E-state index in [4.69, 9.17) is 14.7 Å². The van der Waals surface area contributed by atoms with E-state index in [2.05, 4.69) is 15.6 Å². The lowest BCUT2D eigenvalue weighted by molar-refractivity contribution is 0.0954. The number of pyridine rings is 1. The largest absolute Gasteiger partial charge is 0.497 e. The fraction of sp³-hybridized carbons (Fsp3) is 0.167. The first-order valence-electron chi connectivity index (χ1n) is 10.1. The summed E-state index contributed by atoms with van der Waals surface area (Å²) >= 11 is 0. The topological polar surface area (TPSA) is 89.0 Å². The summed E-state index contributed by atoms with van der Waals surface area (Å²) in [5.41, 5.74) is 2.77. The zero-order chi connectivity index (χ0) is 21.6. The van der Waals surface area contributed by atoms with E-state index < -0.39 is 0 Å². The van der Waals surface area contributed by atoms with Gasteiger partial charge in [0.15, 0.2) is 5.82 Å². The Kier molecular flexibility index (Phi) is 6.03. The number of hydrogen-bond donors (Lipinski definition) is 2. The van der Waals surface area contributed by atoms with Gasteiger partial charge in [0, 0.05) is 29.9 Å². The zero-order valence-electron chi connectivity index (χ0n) is 17.4. The Morgan fingerprint density at radius 1 is 1.06 bits per heavy atom. The molecule has 7 heteroatoms.